The standard InChI is InChI=1S/C12H22O/c1-4-5-6-12(3)8-10(2)7-11(13)9-12/h7,11,13H,4-6,8-9H2,1-3H3. The zero-order valence-corrected chi connectivity index (χ0v) is 9.14. The van der Waals surface area contributed by atoms with Crippen LogP contribution in [0, 0.1) is 5.41 Å². The van der Waals surface area contributed by atoms with Crippen molar-refractivity contribution in [1.82, 2.24) is 0 Å². The molecule has 0 radical (unpaired) electrons. The summed E-state index contributed by atoms with van der Waals surface area (Å²) in [5.41, 5.74) is 1.71. The average molecular weight is 182 g/mol. The fourth-order valence-electron chi connectivity index (χ4n) is 2.49. The molecule has 1 nitrogen and oxygen atoms in total. The third kappa shape index (κ3) is 3.15. The molecule has 76 valence electrons. The van der Waals surface area contributed by atoms with Gasteiger partial charge in [0.25, 0.3) is 0 Å². The first-order chi connectivity index (χ1) is 6.06. The first-order valence-corrected chi connectivity index (χ1v) is 5.41. The third-order valence-electron chi connectivity index (χ3n) is 3.02. The monoisotopic (exact) mass is 182 g/mol. The predicted octanol–water partition coefficient (Wildman–Crippen LogP) is 3.28. The van der Waals surface area contributed by atoms with Crippen molar-refractivity contribution in [2.24, 2.45) is 5.41 Å². The van der Waals surface area contributed by atoms with E-state index in [-0.39, 0.29) is 6.10 Å². The largest absolute Gasteiger partial charge is 0.389 e. The summed E-state index contributed by atoms with van der Waals surface area (Å²) in [5.74, 6) is 0. The zero-order valence-electron chi connectivity index (χ0n) is 9.14. The van der Waals surface area contributed by atoms with E-state index < -0.39 is 0 Å². The van der Waals surface area contributed by atoms with Crippen LogP contribution in [0.15, 0.2) is 11.6 Å². The number of hydrogen-bond donors (Lipinski definition) is 1. The van der Waals surface area contributed by atoms with Crippen molar-refractivity contribution >= 4 is 0 Å². The maximum Gasteiger partial charge on any atom is 0.0728 e. The molecule has 0 saturated carbocycles. The molecule has 0 fully saturated rings. The number of unbranched alkanes of at least 4 members (excludes halogenated alkanes) is 1. The van der Waals surface area contributed by atoms with E-state index in [1.54, 1.807) is 0 Å². The molecule has 1 rings (SSSR count). The summed E-state index contributed by atoms with van der Waals surface area (Å²) in [5, 5.41) is 9.64. The van der Waals surface area contributed by atoms with Crippen LogP contribution in [0.25, 0.3) is 0 Å². The maximum atomic E-state index is 9.64. The van der Waals surface area contributed by atoms with E-state index in [0.29, 0.717) is 5.41 Å². The maximum absolute atomic E-state index is 9.64. The Labute approximate surface area is 81.9 Å². The lowest BCUT2D eigenvalue weighted by atomic mass is 9.72. The number of aliphatic hydroxyl groups excluding tert-OH is 1. The Morgan fingerprint density at radius 2 is 2.31 bits per heavy atom. The van der Waals surface area contributed by atoms with Gasteiger partial charge in [0.05, 0.1) is 6.10 Å². The van der Waals surface area contributed by atoms with E-state index in [0.717, 1.165) is 6.42 Å². The number of hydrogen-bond acceptors (Lipinski definition) is 1. The quantitative estimate of drug-likeness (QED) is 0.664. The molecule has 1 aliphatic rings. The Balaban J connectivity index is 2.55. The molecule has 0 saturated heterocycles. The van der Waals surface area contributed by atoms with Crippen LogP contribution in [-0.2, 0) is 0 Å². The number of allylic oxidation sites excluding steroid dienone is 1. The van der Waals surface area contributed by atoms with E-state index in [1.165, 1.54) is 31.3 Å². The summed E-state index contributed by atoms with van der Waals surface area (Å²) in [4.78, 5) is 0. The van der Waals surface area contributed by atoms with Crippen LogP contribution in [0.1, 0.15) is 52.9 Å². The zero-order chi connectivity index (χ0) is 9.90. The topological polar surface area (TPSA) is 20.2 Å². The van der Waals surface area contributed by atoms with E-state index in [4.69, 9.17) is 0 Å². The molecule has 2 atom stereocenters. The number of rotatable bonds is 3. The van der Waals surface area contributed by atoms with Gasteiger partial charge in [-0.1, -0.05) is 38.3 Å². The molecular formula is C12H22O. The fourth-order valence-corrected chi connectivity index (χ4v) is 2.49. The first kappa shape index (κ1) is 10.8. The molecule has 0 aromatic rings. The van der Waals surface area contributed by atoms with Crippen LogP contribution in [0.3, 0.4) is 0 Å². The molecule has 2 unspecified atom stereocenters. The van der Waals surface area contributed by atoms with Crippen molar-refractivity contribution in [1.29, 1.82) is 0 Å². The Hall–Kier alpha value is -0.300. The van der Waals surface area contributed by atoms with Crippen molar-refractivity contribution in [3.8, 4) is 0 Å². The lowest BCUT2D eigenvalue weighted by Gasteiger charge is -2.35. The summed E-state index contributed by atoms with van der Waals surface area (Å²) >= 11 is 0. The molecule has 0 heterocycles. The lowest BCUT2D eigenvalue weighted by Crippen LogP contribution is -2.27. The molecule has 1 heteroatoms. The highest BCUT2D eigenvalue weighted by molar-refractivity contribution is 5.10. The van der Waals surface area contributed by atoms with Gasteiger partial charge in [-0.15, -0.1) is 0 Å². The van der Waals surface area contributed by atoms with E-state index in [1.807, 2.05) is 6.08 Å². The van der Waals surface area contributed by atoms with Gasteiger partial charge in [0, 0.05) is 0 Å². The second kappa shape index (κ2) is 4.28. The minimum absolute atomic E-state index is 0.199. The van der Waals surface area contributed by atoms with Gasteiger partial charge in [-0.3, -0.25) is 0 Å². The summed E-state index contributed by atoms with van der Waals surface area (Å²) in [6.45, 7) is 6.67. The van der Waals surface area contributed by atoms with Gasteiger partial charge in [-0.2, -0.15) is 0 Å². The second-order valence-electron chi connectivity index (χ2n) is 4.88. The van der Waals surface area contributed by atoms with Crippen molar-refractivity contribution in [3.05, 3.63) is 11.6 Å². The van der Waals surface area contributed by atoms with Crippen LogP contribution >= 0.6 is 0 Å². The van der Waals surface area contributed by atoms with E-state index in [9.17, 15) is 5.11 Å². The molecular weight excluding hydrogens is 160 g/mol. The molecule has 0 spiro atoms. The Bertz CT molecular complexity index is 195. The smallest absolute Gasteiger partial charge is 0.0728 e. The Kier molecular flexibility index (Phi) is 3.55. The van der Waals surface area contributed by atoms with Crippen molar-refractivity contribution < 1.29 is 5.11 Å². The van der Waals surface area contributed by atoms with Gasteiger partial charge in [0.15, 0.2) is 0 Å². The molecule has 0 aromatic heterocycles. The van der Waals surface area contributed by atoms with Crippen LogP contribution in [0.2, 0.25) is 0 Å². The number of aliphatic hydroxyl groups is 1. The van der Waals surface area contributed by atoms with E-state index >= 15 is 0 Å². The van der Waals surface area contributed by atoms with Crippen LogP contribution in [0.5, 0.6) is 0 Å². The minimum Gasteiger partial charge on any atom is -0.389 e. The van der Waals surface area contributed by atoms with Crippen LogP contribution < -0.4 is 0 Å². The molecule has 1 aliphatic carbocycles. The Morgan fingerprint density at radius 1 is 1.62 bits per heavy atom. The third-order valence-corrected chi connectivity index (χ3v) is 3.02. The molecule has 0 amide bonds. The first-order valence-electron chi connectivity index (χ1n) is 5.41. The van der Waals surface area contributed by atoms with Crippen LogP contribution in [-0.4, -0.2) is 11.2 Å². The highest BCUT2D eigenvalue weighted by atomic mass is 16.3. The molecule has 0 aliphatic heterocycles. The van der Waals surface area contributed by atoms with Crippen LogP contribution in [0.4, 0.5) is 0 Å². The summed E-state index contributed by atoms with van der Waals surface area (Å²) < 4.78 is 0. The SMILES string of the molecule is CCCCC1(C)CC(C)=CC(O)C1. The summed E-state index contributed by atoms with van der Waals surface area (Å²) in [6, 6.07) is 0. The highest BCUT2D eigenvalue weighted by Gasteiger charge is 2.29. The molecule has 0 bridgehead atoms. The lowest BCUT2D eigenvalue weighted by molar-refractivity contribution is 0.119. The molecule has 13 heavy (non-hydrogen) atoms. The van der Waals surface area contributed by atoms with Gasteiger partial charge < -0.3 is 5.11 Å². The second-order valence-corrected chi connectivity index (χ2v) is 4.88. The predicted molar refractivity (Wildman–Crippen MR) is 56.6 cm³/mol. The van der Waals surface area contributed by atoms with Gasteiger partial charge in [0.2, 0.25) is 0 Å². The van der Waals surface area contributed by atoms with Gasteiger partial charge >= 0.3 is 0 Å². The normalized spacial score (nSPS) is 34.5. The van der Waals surface area contributed by atoms with Gasteiger partial charge in [0.1, 0.15) is 0 Å². The summed E-state index contributed by atoms with van der Waals surface area (Å²) in [6.07, 6.45) is 7.73. The van der Waals surface area contributed by atoms with E-state index in [2.05, 4.69) is 20.8 Å². The van der Waals surface area contributed by atoms with Crippen molar-refractivity contribution in [2.45, 2.75) is 59.0 Å². The van der Waals surface area contributed by atoms with Crippen molar-refractivity contribution in [3.63, 3.8) is 0 Å². The van der Waals surface area contributed by atoms with Gasteiger partial charge in [-0.25, -0.2) is 0 Å². The Morgan fingerprint density at radius 3 is 2.85 bits per heavy atom. The molecule has 0 aromatic carbocycles. The minimum atomic E-state index is -0.199. The summed E-state index contributed by atoms with van der Waals surface area (Å²) in [7, 11) is 0. The van der Waals surface area contributed by atoms with Gasteiger partial charge in [-0.05, 0) is 31.6 Å². The molecule has 1 N–H and O–H groups in total. The average Bonchev–Trinajstić information content (AvgIpc) is 1.98. The van der Waals surface area contributed by atoms with Crippen molar-refractivity contribution in [2.75, 3.05) is 0 Å². The fraction of sp³-hybridized carbons (Fsp3) is 0.833. The highest BCUT2D eigenvalue weighted by Crippen LogP contribution is 2.39.